The van der Waals surface area contributed by atoms with Crippen LogP contribution in [0.5, 0.6) is 0 Å². The number of amides is 2. The molecular formula is C18H28N4O3. The van der Waals surface area contributed by atoms with E-state index in [0.717, 1.165) is 17.1 Å². The van der Waals surface area contributed by atoms with Crippen molar-refractivity contribution >= 4 is 11.7 Å². The van der Waals surface area contributed by atoms with Crippen LogP contribution in [-0.4, -0.2) is 27.5 Å². The molecular weight excluding hydrogens is 320 g/mol. The standard InChI is InChI=1S/C18H28N4O3/c1-10(2)22-13(5)16(12(4)21-22)20-17(23)19-9-18(7,24)15-8-11(3)25-14(15)6/h8,10,24H,9H2,1-7H3,(H2,19,20,23)/t18-/m1/s1. The van der Waals surface area contributed by atoms with Gasteiger partial charge in [-0.1, -0.05) is 0 Å². The van der Waals surface area contributed by atoms with Gasteiger partial charge in [0.15, 0.2) is 0 Å². The van der Waals surface area contributed by atoms with E-state index < -0.39 is 5.60 Å². The fraction of sp³-hybridized carbons (Fsp3) is 0.556. The van der Waals surface area contributed by atoms with E-state index in [4.69, 9.17) is 4.42 Å². The number of furan rings is 1. The number of rotatable bonds is 5. The van der Waals surface area contributed by atoms with E-state index >= 15 is 0 Å². The molecule has 0 radical (unpaired) electrons. The third kappa shape index (κ3) is 4.04. The van der Waals surface area contributed by atoms with Crippen molar-refractivity contribution in [3.05, 3.63) is 34.5 Å². The van der Waals surface area contributed by atoms with E-state index in [1.165, 1.54) is 0 Å². The molecule has 138 valence electrons. The number of hydrogen-bond acceptors (Lipinski definition) is 4. The number of aromatic nitrogens is 2. The van der Waals surface area contributed by atoms with Gasteiger partial charge in [0.2, 0.25) is 0 Å². The molecule has 7 heteroatoms. The predicted octanol–water partition coefficient (Wildman–Crippen LogP) is 3.32. The first-order valence-electron chi connectivity index (χ1n) is 8.43. The van der Waals surface area contributed by atoms with E-state index in [1.54, 1.807) is 19.9 Å². The largest absolute Gasteiger partial charge is 0.466 e. The second kappa shape index (κ2) is 6.92. The normalized spacial score (nSPS) is 13.8. The number of urea groups is 1. The van der Waals surface area contributed by atoms with Gasteiger partial charge in [0.1, 0.15) is 17.1 Å². The highest BCUT2D eigenvalue weighted by atomic mass is 16.3. The average Bonchev–Trinajstić information content (AvgIpc) is 2.99. The molecule has 25 heavy (non-hydrogen) atoms. The van der Waals surface area contributed by atoms with Crippen molar-refractivity contribution in [2.75, 3.05) is 11.9 Å². The predicted molar refractivity (Wildman–Crippen MR) is 96.9 cm³/mol. The molecule has 2 heterocycles. The first kappa shape index (κ1) is 19.1. The highest BCUT2D eigenvalue weighted by Crippen LogP contribution is 2.26. The minimum Gasteiger partial charge on any atom is -0.466 e. The Kier molecular flexibility index (Phi) is 5.27. The SMILES string of the molecule is Cc1cc([C@](C)(O)CNC(=O)Nc2c(C)nn(C(C)C)c2C)c(C)o1. The van der Waals surface area contributed by atoms with Crippen LogP contribution < -0.4 is 10.6 Å². The summed E-state index contributed by atoms with van der Waals surface area (Å²) in [6.07, 6.45) is 0. The minimum atomic E-state index is -1.22. The zero-order valence-corrected chi connectivity index (χ0v) is 16.0. The molecule has 7 nitrogen and oxygen atoms in total. The Bertz CT molecular complexity index is 772. The molecule has 0 bridgehead atoms. The maximum atomic E-state index is 12.3. The topological polar surface area (TPSA) is 92.3 Å². The molecule has 0 aromatic carbocycles. The van der Waals surface area contributed by atoms with Gasteiger partial charge in [0.05, 0.1) is 23.6 Å². The third-order valence-corrected chi connectivity index (χ3v) is 4.27. The van der Waals surface area contributed by atoms with E-state index in [1.807, 2.05) is 39.3 Å². The number of hydrogen-bond donors (Lipinski definition) is 3. The van der Waals surface area contributed by atoms with Gasteiger partial charge in [-0.05, 0) is 54.5 Å². The fourth-order valence-electron chi connectivity index (χ4n) is 3.02. The molecule has 2 amide bonds. The van der Waals surface area contributed by atoms with Gasteiger partial charge in [-0.25, -0.2) is 4.79 Å². The maximum absolute atomic E-state index is 12.3. The quantitative estimate of drug-likeness (QED) is 0.773. The monoisotopic (exact) mass is 348 g/mol. The number of aryl methyl sites for hydroxylation is 3. The molecule has 0 saturated heterocycles. The second-order valence-corrected chi connectivity index (χ2v) is 6.99. The third-order valence-electron chi connectivity index (χ3n) is 4.27. The van der Waals surface area contributed by atoms with Gasteiger partial charge < -0.3 is 20.2 Å². The summed E-state index contributed by atoms with van der Waals surface area (Å²) in [5.74, 6) is 1.37. The molecule has 0 aliphatic carbocycles. The van der Waals surface area contributed by atoms with Crippen LogP contribution in [0.25, 0.3) is 0 Å². The molecule has 0 spiro atoms. The van der Waals surface area contributed by atoms with Gasteiger partial charge in [0, 0.05) is 11.6 Å². The number of aliphatic hydroxyl groups is 1. The Morgan fingerprint density at radius 2 is 2.00 bits per heavy atom. The highest BCUT2D eigenvalue weighted by molar-refractivity contribution is 5.90. The van der Waals surface area contributed by atoms with Gasteiger partial charge >= 0.3 is 6.03 Å². The summed E-state index contributed by atoms with van der Waals surface area (Å²) in [4.78, 5) is 12.3. The van der Waals surface area contributed by atoms with Crippen LogP contribution in [0.1, 0.15) is 55.3 Å². The molecule has 0 saturated carbocycles. The van der Waals surface area contributed by atoms with E-state index in [-0.39, 0.29) is 18.6 Å². The maximum Gasteiger partial charge on any atom is 0.319 e. The highest BCUT2D eigenvalue weighted by Gasteiger charge is 2.28. The van der Waals surface area contributed by atoms with Gasteiger partial charge in [0.25, 0.3) is 0 Å². The van der Waals surface area contributed by atoms with Crippen molar-refractivity contribution in [1.82, 2.24) is 15.1 Å². The van der Waals surface area contributed by atoms with Crippen LogP contribution in [0.4, 0.5) is 10.5 Å². The summed E-state index contributed by atoms with van der Waals surface area (Å²) >= 11 is 0. The molecule has 2 rings (SSSR count). The van der Waals surface area contributed by atoms with Crippen molar-refractivity contribution in [3.8, 4) is 0 Å². The molecule has 0 aliphatic rings. The molecule has 0 fully saturated rings. The molecule has 1 atom stereocenters. The first-order valence-corrected chi connectivity index (χ1v) is 8.43. The Morgan fingerprint density at radius 3 is 2.48 bits per heavy atom. The number of anilines is 1. The smallest absolute Gasteiger partial charge is 0.319 e. The second-order valence-electron chi connectivity index (χ2n) is 6.99. The van der Waals surface area contributed by atoms with E-state index in [9.17, 15) is 9.90 Å². The summed E-state index contributed by atoms with van der Waals surface area (Å²) in [5.41, 5.74) is 1.81. The molecule has 0 unspecified atom stereocenters. The number of nitrogens with one attached hydrogen (secondary N) is 2. The van der Waals surface area contributed by atoms with Crippen molar-refractivity contribution in [3.63, 3.8) is 0 Å². The zero-order chi connectivity index (χ0) is 18.9. The van der Waals surface area contributed by atoms with Crippen LogP contribution >= 0.6 is 0 Å². The summed E-state index contributed by atoms with van der Waals surface area (Å²) < 4.78 is 7.33. The summed E-state index contributed by atoms with van der Waals surface area (Å²) in [6, 6.07) is 1.62. The Hall–Kier alpha value is -2.28. The van der Waals surface area contributed by atoms with Crippen molar-refractivity contribution in [2.24, 2.45) is 0 Å². The molecule has 2 aromatic rings. The average molecular weight is 348 g/mol. The van der Waals surface area contributed by atoms with Crippen molar-refractivity contribution in [2.45, 2.75) is 60.1 Å². The lowest BCUT2D eigenvalue weighted by atomic mass is 9.96. The molecule has 2 aromatic heterocycles. The fourth-order valence-corrected chi connectivity index (χ4v) is 3.02. The summed E-state index contributed by atoms with van der Waals surface area (Å²) in [6.45, 7) is 13.2. The van der Waals surface area contributed by atoms with Crippen LogP contribution in [0.15, 0.2) is 10.5 Å². The summed E-state index contributed by atoms with van der Waals surface area (Å²) in [7, 11) is 0. The minimum absolute atomic E-state index is 0.0645. The lowest BCUT2D eigenvalue weighted by Crippen LogP contribution is -2.40. The van der Waals surface area contributed by atoms with Crippen LogP contribution in [0.3, 0.4) is 0 Å². The van der Waals surface area contributed by atoms with Crippen LogP contribution in [0, 0.1) is 27.7 Å². The van der Waals surface area contributed by atoms with Crippen LogP contribution in [0.2, 0.25) is 0 Å². The lowest BCUT2D eigenvalue weighted by Gasteiger charge is -2.23. The zero-order valence-electron chi connectivity index (χ0n) is 16.0. The van der Waals surface area contributed by atoms with Crippen molar-refractivity contribution in [1.29, 1.82) is 0 Å². The first-order chi connectivity index (χ1) is 11.5. The lowest BCUT2D eigenvalue weighted by molar-refractivity contribution is 0.0584. The number of nitrogens with zero attached hydrogens (tertiary/aromatic N) is 2. The Balaban J connectivity index is 2.05. The number of carbonyl (C=O) groups is 1. The van der Waals surface area contributed by atoms with E-state index in [2.05, 4.69) is 15.7 Å². The Morgan fingerprint density at radius 1 is 1.36 bits per heavy atom. The van der Waals surface area contributed by atoms with Gasteiger partial charge in [-0.15, -0.1) is 0 Å². The van der Waals surface area contributed by atoms with Gasteiger partial charge in [-0.3, -0.25) is 4.68 Å². The Labute approximate surface area is 148 Å². The van der Waals surface area contributed by atoms with Gasteiger partial charge in [-0.2, -0.15) is 5.10 Å². The van der Waals surface area contributed by atoms with E-state index in [0.29, 0.717) is 17.0 Å². The summed E-state index contributed by atoms with van der Waals surface area (Å²) in [5, 5.41) is 20.7. The molecule has 3 N–H and O–H groups in total. The van der Waals surface area contributed by atoms with Crippen molar-refractivity contribution < 1.29 is 14.3 Å². The molecule has 0 aliphatic heterocycles. The number of carbonyl (C=O) groups excluding carboxylic acids is 1. The van der Waals surface area contributed by atoms with Crippen LogP contribution in [-0.2, 0) is 5.60 Å².